The summed E-state index contributed by atoms with van der Waals surface area (Å²) in [4.78, 5) is 15.1. The van der Waals surface area contributed by atoms with Crippen molar-refractivity contribution < 1.29 is 19.0 Å². The van der Waals surface area contributed by atoms with E-state index in [-0.39, 0.29) is 24.1 Å². The molecule has 1 fully saturated rings. The molecule has 4 rings (SSSR count). The average molecular weight is 496 g/mol. The fraction of sp³-hybridized carbons (Fsp3) is 0.269. The number of hydrogen-bond donors (Lipinski definition) is 0. The highest BCUT2D eigenvalue weighted by molar-refractivity contribution is 9.10. The molecule has 0 N–H and O–H groups in total. The maximum absolute atomic E-state index is 12.9. The van der Waals surface area contributed by atoms with Gasteiger partial charge in [0.05, 0.1) is 32.9 Å². The molecule has 6 heteroatoms. The zero-order valence-electron chi connectivity index (χ0n) is 18.3. The van der Waals surface area contributed by atoms with Crippen LogP contribution in [0.15, 0.2) is 77.3 Å². The first-order valence-electron chi connectivity index (χ1n) is 10.5. The largest absolute Gasteiger partial charge is 0.497 e. The van der Waals surface area contributed by atoms with Crippen LogP contribution in [-0.2, 0) is 9.53 Å². The van der Waals surface area contributed by atoms with Gasteiger partial charge in [-0.05, 0) is 60.0 Å². The summed E-state index contributed by atoms with van der Waals surface area (Å²) in [5, 5.41) is 0. The van der Waals surface area contributed by atoms with Gasteiger partial charge < -0.3 is 14.2 Å². The van der Waals surface area contributed by atoms with Crippen molar-refractivity contribution in [2.75, 3.05) is 20.8 Å². The van der Waals surface area contributed by atoms with E-state index in [1.165, 1.54) is 0 Å². The number of halogens is 1. The number of hydrogen-bond acceptors (Lipinski definition) is 5. The molecule has 0 spiro atoms. The van der Waals surface area contributed by atoms with E-state index in [4.69, 9.17) is 14.2 Å². The molecule has 3 atom stereocenters. The lowest BCUT2D eigenvalue weighted by Crippen LogP contribution is -2.20. The lowest BCUT2D eigenvalue weighted by Gasteiger charge is -2.22. The van der Waals surface area contributed by atoms with E-state index >= 15 is 0 Å². The van der Waals surface area contributed by atoms with Crippen LogP contribution in [0.1, 0.15) is 35.7 Å². The van der Waals surface area contributed by atoms with E-state index in [0.717, 1.165) is 32.7 Å². The third-order valence-corrected chi connectivity index (χ3v) is 6.28. The van der Waals surface area contributed by atoms with Crippen LogP contribution in [0, 0.1) is 0 Å². The Labute approximate surface area is 197 Å². The molecule has 3 aromatic rings. The van der Waals surface area contributed by atoms with Crippen LogP contribution < -0.4 is 9.47 Å². The minimum absolute atomic E-state index is 0.0728. The highest BCUT2D eigenvalue weighted by Crippen LogP contribution is 2.52. The summed E-state index contributed by atoms with van der Waals surface area (Å²) in [6.07, 6.45) is 0. The number of carbonyl (C=O) groups excluding carboxylic acids is 1. The van der Waals surface area contributed by atoms with Gasteiger partial charge in [-0.3, -0.25) is 9.69 Å². The monoisotopic (exact) mass is 495 g/mol. The predicted octanol–water partition coefficient (Wildman–Crippen LogP) is 5.54. The third-order valence-electron chi connectivity index (χ3n) is 5.75. The zero-order chi connectivity index (χ0) is 22.7. The Morgan fingerprint density at radius 2 is 1.38 bits per heavy atom. The second kappa shape index (κ2) is 9.76. The Bertz CT molecular complexity index is 1000. The van der Waals surface area contributed by atoms with Crippen LogP contribution in [0.2, 0.25) is 0 Å². The molecule has 32 heavy (non-hydrogen) atoms. The standard InChI is InChI=1S/C26H26BrNO4/c1-4-32-26(29)25-24(19-5-11-20(27)12-6-19)28(25)23(17-7-13-21(30-2)14-8-17)18-9-15-22(31-3)16-10-18/h5-16,23-25H,4H2,1-3H3/t24-,25-,28?/m1/s1. The Kier molecular flexibility index (Phi) is 6.82. The van der Waals surface area contributed by atoms with E-state index in [0.29, 0.717) is 6.61 Å². The molecule has 0 aliphatic carbocycles. The maximum Gasteiger partial charge on any atom is 0.325 e. The van der Waals surface area contributed by atoms with Crippen molar-refractivity contribution in [3.8, 4) is 11.5 Å². The van der Waals surface area contributed by atoms with Gasteiger partial charge in [0.2, 0.25) is 0 Å². The molecular weight excluding hydrogens is 470 g/mol. The van der Waals surface area contributed by atoms with Crippen LogP contribution in [0.3, 0.4) is 0 Å². The molecule has 1 saturated heterocycles. The predicted molar refractivity (Wildman–Crippen MR) is 127 cm³/mol. The molecule has 0 radical (unpaired) electrons. The molecule has 1 heterocycles. The third kappa shape index (κ3) is 4.52. The van der Waals surface area contributed by atoms with E-state index in [1.54, 1.807) is 14.2 Å². The smallest absolute Gasteiger partial charge is 0.325 e. The van der Waals surface area contributed by atoms with Crippen molar-refractivity contribution in [3.63, 3.8) is 0 Å². The van der Waals surface area contributed by atoms with Gasteiger partial charge in [0.1, 0.15) is 17.5 Å². The summed E-state index contributed by atoms with van der Waals surface area (Å²) in [6.45, 7) is 2.19. The molecule has 5 nitrogen and oxygen atoms in total. The van der Waals surface area contributed by atoms with Crippen LogP contribution in [0.4, 0.5) is 0 Å². The van der Waals surface area contributed by atoms with Crippen molar-refractivity contribution in [1.29, 1.82) is 0 Å². The number of nitrogens with zero attached hydrogens (tertiary/aromatic N) is 1. The minimum atomic E-state index is -0.356. The van der Waals surface area contributed by atoms with Gasteiger partial charge in [-0.2, -0.15) is 0 Å². The summed E-state index contributed by atoms with van der Waals surface area (Å²) in [5.41, 5.74) is 3.23. The topological polar surface area (TPSA) is 47.8 Å². The van der Waals surface area contributed by atoms with E-state index in [1.807, 2.05) is 67.6 Å². The summed E-state index contributed by atoms with van der Waals surface area (Å²) in [6, 6.07) is 23.5. The van der Waals surface area contributed by atoms with Crippen molar-refractivity contribution in [1.82, 2.24) is 4.90 Å². The number of benzene rings is 3. The van der Waals surface area contributed by atoms with E-state index in [2.05, 4.69) is 33.0 Å². The fourth-order valence-electron chi connectivity index (χ4n) is 4.17. The number of methoxy groups -OCH3 is 2. The molecule has 3 aromatic carbocycles. The van der Waals surface area contributed by atoms with Crippen molar-refractivity contribution in [2.45, 2.75) is 25.0 Å². The van der Waals surface area contributed by atoms with Crippen molar-refractivity contribution in [3.05, 3.63) is 94.0 Å². The highest BCUT2D eigenvalue weighted by atomic mass is 79.9. The van der Waals surface area contributed by atoms with Crippen molar-refractivity contribution in [2.24, 2.45) is 0 Å². The highest BCUT2D eigenvalue weighted by Gasteiger charge is 2.58. The average Bonchev–Trinajstić information content (AvgIpc) is 3.56. The van der Waals surface area contributed by atoms with Gasteiger partial charge >= 0.3 is 5.97 Å². The number of carbonyl (C=O) groups is 1. The quantitative estimate of drug-likeness (QED) is 0.303. The van der Waals surface area contributed by atoms with Gasteiger partial charge in [-0.1, -0.05) is 52.3 Å². The summed E-state index contributed by atoms with van der Waals surface area (Å²) in [7, 11) is 3.31. The second-order valence-electron chi connectivity index (χ2n) is 7.59. The summed E-state index contributed by atoms with van der Waals surface area (Å²) < 4.78 is 17.1. The molecule has 0 amide bonds. The van der Waals surface area contributed by atoms with E-state index in [9.17, 15) is 4.79 Å². The summed E-state index contributed by atoms with van der Waals surface area (Å²) >= 11 is 3.50. The molecule has 1 aliphatic heterocycles. The van der Waals surface area contributed by atoms with Crippen LogP contribution in [0.25, 0.3) is 0 Å². The Morgan fingerprint density at radius 3 is 1.81 bits per heavy atom. The number of ether oxygens (including phenoxy) is 3. The minimum Gasteiger partial charge on any atom is -0.497 e. The first-order chi connectivity index (χ1) is 15.6. The molecule has 1 aliphatic rings. The SMILES string of the molecule is CCOC(=O)[C@H]1[C@@H](c2ccc(Br)cc2)N1C(c1ccc(OC)cc1)c1ccc(OC)cc1. The number of esters is 1. The summed E-state index contributed by atoms with van der Waals surface area (Å²) in [5.74, 6) is 1.38. The molecule has 1 unspecified atom stereocenters. The first-order valence-corrected chi connectivity index (χ1v) is 11.3. The van der Waals surface area contributed by atoms with Gasteiger partial charge in [-0.15, -0.1) is 0 Å². The number of rotatable bonds is 8. The molecule has 0 aromatic heterocycles. The molecular formula is C26H26BrNO4. The molecule has 0 saturated carbocycles. The lowest BCUT2D eigenvalue weighted by atomic mass is 9.98. The Hall–Kier alpha value is -2.83. The second-order valence-corrected chi connectivity index (χ2v) is 8.51. The van der Waals surface area contributed by atoms with Gasteiger partial charge in [0.25, 0.3) is 0 Å². The van der Waals surface area contributed by atoms with Crippen molar-refractivity contribution >= 4 is 21.9 Å². The first kappa shape index (κ1) is 22.4. The van der Waals surface area contributed by atoms with Crippen LogP contribution >= 0.6 is 15.9 Å². The zero-order valence-corrected chi connectivity index (χ0v) is 19.9. The Balaban J connectivity index is 1.77. The van der Waals surface area contributed by atoms with Gasteiger partial charge in [0, 0.05) is 4.47 Å². The molecule has 166 valence electrons. The lowest BCUT2D eigenvalue weighted by molar-refractivity contribution is -0.143. The Morgan fingerprint density at radius 1 is 0.875 bits per heavy atom. The van der Waals surface area contributed by atoms with Gasteiger partial charge in [-0.25, -0.2) is 0 Å². The normalized spacial score (nSPS) is 19.5. The maximum atomic E-state index is 12.9. The van der Waals surface area contributed by atoms with E-state index < -0.39 is 0 Å². The van der Waals surface area contributed by atoms with Gasteiger partial charge in [0.15, 0.2) is 0 Å². The fourth-order valence-corrected chi connectivity index (χ4v) is 4.44. The van der Waals surface area contributed by atoms with Crippen LogP contribution in [0.5, 0.6) is 11.5 Å². The molecule has 0 bridgehead atoms. The van der Waals surface area contributed by atoms with Crippen LogP contribution in [-0.4, -0.2) is 37.7 Å².